The number of amides is 3. The Morgan fingerprint density at radius 1 is 1.17 bits per heavy atom. The van der Waals surface area contributed by atoms with Crippen LogP contribution in [0.1, 0.15) is 30.0 Å². The lowest BCUT2D eigenvalue weighted by Gasteiger charge is -2.17. The molecule has 1 atom stereocenters. The SMILES string of the molecule is Cc1cc(C)c(NC(=O)[C@H](C)OC(=O)CCNC(N)=O)c(C)c1. The van der Waals surface area contributed by atoms with Crippen molar-refractivity contribution >= 4 is 23.6 Å². The van der Waals surface area contributed by atoms with E-state index < -0.39 is 24.0 Å². The number of rotatable bonds is 6. The van der Waals surface area contributed by atoms with Crippen molar-refractivity contribution in [3.63, 3.8) is 0 Å². The number of hydrogen-bond donors (Lipinski definition) is 3. The first-order valence-electron chi connectivity index (χ1n) is 7.32. The zero-order chi connectivity index (χ0) is 17.6. The second-order valence-corrected chi connectivity index (χ2v) is 5.44. The summed E-state index contributed by atoms with van der Waals surface area (Å²) in [4.78, 5) is 34.2. The second kappa shape index (κ2) is 8.17. The van der Waals surface area contributed by atoms with Crippen molar-refractivity contribution in [2.45, 2.75) is 40.2 Å². The van der Waals surface area contributed by atoms with Crippen LogP contribution in [0.5, 0.6) is 0 Å². The van der Waals surface area contributed by atoms with Gasteiger partial charge in [0, 0.05) is 12.2 Å². The molecule has 0 spiro atoms. The number of benzene rings is 1. The Labute approximate surface area is 135 Å². The van der Waals surface area contributed by atoms with Crippen LogP contribution in [0.4, 0.5) is 10.5 Å². The standard InChI is InChI=1S/C16H23N3O4/c1-9-7-10(2)14(11(3)8-9)19-15(21)12(4)23-13(20)5-6-18-16(17)22/h7-8,12H,5-6H2,1-4H3,(H,19,21)(H3,17,18,22)/t12-/m0/s1. The smallest absolute Gasteiger partial charge is 0.312 e. The van der Waals surface area contributed by atoms with E-state index in [9.17, 15) is 14.4 Å². The number of aryl methyl sites for hydroxylation is 3. The Morgan fingerprint density at radius 3 is 2.26 bits per heavy atom. The van der Waals surface area contributed by atoms with Crippen LogP contribution >= 0.6 is 0 Å². The summed E-state index contributed by atoms with van der Waals surface area (Å²) in [6.45, 7) is 7.35. The van der Waals surface area contributed by atoms with Crippen LogP contribution in [0, 0.1) is 20.8 Å². The summed E-state index contributed by atoms with van der Waals surface area (Å²) in [7, 11) is 0. The third kappa shape index (κ3) is 5.98. The Morgan fingerprint density at radius 2 is 1.74 bits per heavy atom. The minimum atomic E-state index is -0.934. The van der Waals surface area contributed by atoms with Gasteiger partial charge in [-0.1, -0.05) is 17.7 Å². The highest BCUT2D eigenvalue weighted by Crippen LogP contribution is 2.22. The zero-order valence-electron chi connectivity index (χ0n) is 13.9. The molecule has 0 saturated heterocycles. The first-order chi connectivity index (χ1) is 10.7. The van der Waals surface area contributed by atoms with E-state index in [1.807, 2.05) is 32.9 Å². The lowest BCUT2D eigenvalue weighted by molar-refractivity contribution is -0.153. The molecule has 7 nitrogen and oxygen atoms in total. The van der Waals surface area contributed by atoms with Gasteiger partial charge >= 0.3 is 12.0 Å². The van der Waals surface area contributed by atoms with E-state index in [-0.39, 0.29) is 13.0 Å². The average Bonchev–Trinajstić information content (AvgIpc) is 2.41. The first kappa shape index (κ1) is 18.5. The molecular weight excluding hydrogens is 298 g/mol. The Hall–Kier alpha value is -2.57. The van der Waals surface area contributed by atoms with E-state index in [2.05, 4.69) is 10.6 Å². The average molecular weight is 321 g/mol. The monoisotopic (exact) mass is 321 g/mol. The van der Waals surface area contributed by atoms with Gasteiger partial charge in [-0.15, -0.1) is 0 Å². The van der Waals surface area contributed by atoms with Crippen LogP contribution < -0.4 is 16.4 Å². The van der Waals surface area contributed by atoms with Crippen molar-refractivity contribution < 1.29 is 19.1 Å². The molecule has 0 aromatic heterocycles. The van der Waals surface area contributed by atoms with Gasteiger partial charge in [0.25, 0.3) is 5.91 Å². The van der Waals surface area contributed by atoms with Gasteiger partial charge in [-0.3, -0.25) is 9.59 Å². The van der Waals surface area contributed by atoms with Crippen molar-refractivity contribution in [2.24, 2.45) is 5.73 Å². The van der Waals surface area contributed by atoms with Gasteiger partial charge in [0.1, 0.15) is 0 Å². The Balaban J connectivity index is 2.58. The summed E-state index contributed by atoms with van der Waals surface area (Å²) in [5.74, 6) is -0.991. The number of carbonyl (C=O) groups is 3. The summed E-state index contributed by atoms with van der Waals surface area (Å²) >= 11 is 0. The molecule has 0 aliphatic heterocycles. The van der Waals surface area contributed by atoms with Gasteiger partial charge in [0.05, 0.1) is 6.42 Å². The van der Waals surface area contributed by atoms with Crippen molar-refractivity contribution in [3.05, 3.63) is 28.8 Å². The molecule has 7 heteroatoms. The molecule has 0 heterocycles. The van der Waals surface area contributed by atoms with Gasteiger partial charge in [-0.2, -0.15) is 0 Å². The van der Waals surface area contributed by atoms with Gasteiger partial charge in [-0.05, 0) is 38.8 Å². The fourth-order valence-electron chi connectivity index (χ4n) is 2.20. The minimum Gasteiger partial charge on any atom is -0.452 e. The topological polar surface area (TPSA) is 111 Å². The molecular formula is C16H23N3O4. The first-order valence-corrected chi connectivity index (χ1v) is 7.32. The van der Waals surface area contributed by atoms with E-state index in [4.69, 9.17) is 10.5 Å². The van der Waals surface area contributed by atoms with Crippen LogP contribution in [-0.4, -0.2) is 30.6 Å². The molecule has 0 fully saturated rings. The molecule has 126 valence electrons. The quantitative estimate of drug-likeness (QED) is 0.690. The predicted octanol–water partition coefficient (Wildman–Crippen LogP) is 1.54. The second-order valence-electron chi connectivity index (χ2n) is 5.44. The molecule has 0 bridgehead atoms. The van der Waals surface area contributed by atoms with Crippen molar-refractivity contribution in [3.8, 4) is 0 Å². The molecule has 0 saturated carbocycles. The lowest BCUT2D eigenvalue weighted by Crippen LogP contribution is -2.34. The fraction of sp³-hybridized carbons (Fsp3) is 0.438. The highest BCUT2D eigenvalue weighted by molar-refractivity contribution is 5.96. The number of ether oxygens (including phenoxy) is 1. The zero-order valence-corrected chi connectivity index (χ0v) is 13.9. The third-order valence-corrected chi connectivity index (χ3v) is 3.23. The summed E-state index contributed by atoms with van der Waals surface area (Å²) in [5.41, 5.74) is 8.61. The Bertz CT molecular complexity index is 590. The molecule has 1 aromatic carbocycles. The maximum Gasteiger partial charge on any atom is 0.312 e. The molecule has 0 radical (unpaired) electrons. The summed E-state index contributed by atoms with van der Waals surface area (Å²) in [6, 6.07) is 3.22. The molecule has 0 aliphatic carbocycles. The van der Waals surface area contributed by atoms with E-state index in [1.165, 1.54) is 6.92 Å². The normalized spacial score (nSPS) is 11.5. The number of anilines is 1. The van der Waals surface area contributed by atoms with Crippen LogP contribution in [-0.2, 0) is 14.3 Å². The molecule has 0 aliphatic rings. The Kier molecular flexibility index (Phi) is 6.56. The molecule has 3 amide bonds. The van der Waals surface area contributed by atoms with Crippen LogP contribution in [0.2, 0.25) is 0 Å². The number of nitrogens with one attached hydrogen (secondary N) is 2. The molecule has 1 rings (SSSR count). The fourth-order valence-corrected chi connectivity index (χ4v) is 2.20. The van der Waals surface area contributed by atoms with Crippen LogP contribution in [0.3, 0.4) is 0 Å². The van der Waals surface area contributed by atoms with E-state index >= 15 is 0 Å². The van der Waals surface area contributed by atoms with Crippen molar-refractivity contribution in [1.29, 1.82) is 0 Å². The highest BCUT2D eigenvalue weighted by Gasteiger charge is 2.19. The van der Waals surface area contributed by atoms with Gasteiger partial charge in [0.15, 0.2) is 6.10 Å². The van der Waals surface area contributed by atoms with Gasteiger partial charge in [-0.25, -0.2) is 4.79 Å². The lowest BCUT2D eigenvalue weighted by atomic mass is 10.0. The number of urea groups is 1. The van der Waals surface area contributed by atoms with Crippen molar-refractivity contribution in [1.82, 2.24) is 5.32 Å². The number of hydrogen-bond acceptors (Lipinski definition) is 4. The number of nitrogens with two attached hydrogens (primary N) is 1. The summed E-state index contributed by atoms with van der Waals surface area (Å²) in [5, 5.41) is 5.06. The predicted molar refractivity (Wildman–Crippen MR) is 87.0 cm³/mol. The van der Waals surface area contributed by atoms with E-state index in [0.29, 0.717) is 0 Å². The van der Waals surface area contributed by atoms with Gasteiger partial charge in [0.2, 0.25) is 0 Å². The highest BCUT2D eigenvalue weighted by atomic mass is 16.5. The summed E-state index contributed by atoms with van der Waals surface area (Å²) < 4.78 is 5.03. The number of esters is 1. The van der Waals surface area contributed by atoms with Crippen LogP contribution in [0.15, 0.2) is 12.1 Å². The minimum absolute atomic E-state index is 0.0524. The van der Waals surface area contributed by atoms with E-state index in [1.54, 1.807) is 0 Å². The number of carbonyl (C=O) groups excluding carboxylic acids is 3. The molecule has 23 heavy (non-hydrogen) atoms. The largest absolute Gasteiger partial charge is 0.452 e. The van der Waals surface area contributed by atoms with E-state index in [0.717, 1.165) is 22.4 Å². The third-order valence-electron chi connectivity index (χ3n) is 3.23. The maximum absolute atomic E-state index is 12.1. The van der Waals surface area contributed by atoms with Gasteiger partial charge < -0.3 is 21.1 Å². The maximum atomic E-state index is 12.1. The van der Waals surface area contributed by atoms with Crippen molar-refractivity contribution in [2.75, 3.05) is 11.9 Å². The molecule has 4 N–H and O–H groups in total. The summed E-state index contributed by atoms with van der Waals surface area (Å²) in [6.07, 6.45) is -0.987. The number of primary amides is 1. The van der Waals surface area contributed by atoms with Crippen LogP contribution in [0.25, 0.3) is 0 Å². The molecule has 1 aromatic rings. The molecule has 0 unspecified atom stereocenters.